The maximum atomic E-state index is 11.6. The molecule has 1 aromatic rings. The van der Waals surface area contributed by atoms with E-state index in [1.54, 1.807) is 24.3 Å². The van der Waals surface area contributed by atoms with Crippen LogP contribution in [-0.4, -0.2) is 5.78 Å². The number of hydrogen-bond acceptors (Lipinski definition) is 1. The van der Waals surface area contributed by atoms with Gasteiger partial charge in [-0.3, -0.25) is 4.79 Å². The summed E-state index contributed by atoms with van der Waals surface area (Å²) in [5.41, 5.74) is 0.895. The van der Waals surface area contributed by atoms with Crippen LogP contribution >= 0.6 is 23.2 Å². The van der Waals surface area contributed by atoms with Crippen LogP contribution in [0.25, 0.3) is 6.08 Å². The molecule has 0 aromatic heterocycles. The van der Waals surface area contributed by atoms with Gasteiger partial charge in [0.15, 0.2) is 5.78 Å². The molecule has 0 spiro atoms. The Hall–Kier alpha value is -0.790. The molecule has 0 aliphatic heterocycles. The van der Waals surface area contributed by atoms with Crippen LogP contribution in [0.1, 0.15) is 44.6 Å². The average Bonchev–Trinajstić information content (AvgIpc) is 2.36. The van der Waals surface area contributed by atoms with Gasteiger partial charge in [-0.15, -0.1) is 0 Å². The van der Waals surface area contributed by atoms with Crippen molar-refractivity contribution < 1.29 is 4.79 Å². The molecule has 3 heteroatoms. The van der Waals surface area contributed by atoms with Crippen LogP contribution < -0.4 is 0 Å². The van der Waals surface area contributed by atoms with E-state index in [9.17, 15) is 4.79 Å². The molecule has 1 rings (SSSR count). The van der Waals surface area contributed by atoms with E-state index >= 15 is 0 Å². The van der Waals surface area contributed by atoms with Crippen molar-refractivity contribution in [3.05, 3.63) is 39.9 Å². The van der Waals surface area contributed by atoms with Crippen molar-refractivity contribution in [2.75, 3.05) is 0 Å². The molecule has 1 aromatic carbocycles. The minimum absolute atomic E-state index is 0.164. The fourth-order valence-corrected chi connectivity index (χ4v) is 1.92. The highest BCUT2D eigenvalue weighted by atomic mass is 35.5. The van der Waals surface area contributed by atoms with E-state index in [1.165, 1.54) is 12.8 Å². The SMILES string of the molecule is CCCCCCC(=O)C=Cc1ccc(Cl)c(Cl)c1. The van der Waals surface area contributed by atoms with Crippen molar-refractivity contribution in [3.63, 3.8) is 0 Å². The lowest BCUT2D eigenvalue weighted by Crippen LogP contribution is -1.92. The first-order valence-corrected chi connectivity index (χ1v) is 7.05. The maximum Gasteiger partial charge on any atom is 0.155 e. The Morgan fingerprint density at radius 3 is 2.61 bits per heavy atom. The quantitative estimate of drug-likeness (QED) is 0.474. The molecule has 0 heterocycles. The van der Waals surface area contributed by atoms with E-state index in [0.717, 1.165) is 18.4 Å². The summed E-state index contributed by atoms with van der Waals surface area (Å²) in [5.74, 6) is 0.164. The van der Waals surface area contributed by atoms with Gasteiger partial charge in [0.25, 0.3) is 0 Å². The number of rotatable bonds is 7. The molecule has 98 valence electrons. The summed E-state index contributed by atoms with van der Waals surface area (Å²) in [4.78, 5) is 11.6. The van der Waals surface area contributed by atoms with E-state index in [-0.39, 0.29) is 5.78 Å². The monoisotopic (exact) mass is 284 g/mol. The molecule has 1 nitrogen and oxygen atoms in total. The summed E-state index contributed by atoms with van der Waals surface area (Å²) < 4.78 is 0. The molecule has 0 aliphatic carbocycles. The summed E-state index contributed by atoms with van der Waals surface area (Å²) in [5, 5.41) is 1.04. The smallest absolute Gasteiger partial charge is 0.155 e. The molecular weight excluding hydrogens is 267 g/mol. The van der Waals surface area contributed by atoms with Crippen molar-refractivity contribution >= 4 is 35.1 Å². The minimum Gasteiger partial charge on any atom is -0.295 e. The predicted molar refractivity (Wildman–Crippen MR) is 79.3 cm³/mol. The number of ketones is 1. The Morgan fingerprint density at radius 2 is 1.94 bits per heavy atom. The van der Waals surface area contributed by atoms with Crippen LogP contribution in [0.5, 0.6) is 0 Å². The van der Waals surface area contributed by atoms with E-state index in [0.29, 0.717) is 16.5 Å². The molecule has 0 amide bonds. The first kappa shape index (κ1) is 15.3. The lowest BCUT2D eigenvalue weighted by molar-refractivity contribution is -0.114. The Morgan fingerprint density at radius 1 is 1.17 bits per heavy atom. The molecule has 0 atom stereocenters. The first-order valence-electron chi connectivity index (χ1n) is 6.29. The maximum absolute atomic E-state index is 11.6. The zero-order valence-electron chi connectivity index (χ0n) is 10.6. The predicted octanol–water partition coefficient (Wildman–Crippen LogP) is 5.55. The van der Waals surface area contributed by atoms with Crippen molar-refractivity contribution in [2.45, 2.75) is 39.0 Å². The third kappa shape index (κ3) is 5.70. The van der Waals surface area contributed by atoms with Gasteiger partial charge in [-0.25, -0.2) is 0 Å². The second kappa shape index (κ2) is 8.34. The summed E-state index contributed by atoms with van der Waals surface area (Å²) in [6.07, 6.45) is 8.51. The molecule has 0 aliphatic rings. The van der Waals surface area contributed by atoms with Crippen LogP contribution in [0.4, 0.5) is 0 Å². The van der Waals surface area contributed by atoms with Gasteiger partial charge >= 0.3 is 0 Å². The van der Waals surface area contributed by atoms with Gasteiger partial charge in [0, 0.05) is 6.42 Å². The lowest BCUT2D eigenvalue weighted by Gasteiger charge is -1.98. The number of benzene rings is 1. The highest BCUT2D eigenvalue weighted by molar-refractivity contribution is 6.42. The van der Waals surface area contributed by atoms with Crippen LogP contribution in [0, 0.1) is 0 Å². The van der Waals surface area contributed by atoms with E-state index < -0.39 is 0 Å². The zero-order valence-corrected chi connectivity index (χ0v) is 12.1. The summed E-state index contributed by atoms with van der Waals surface area (Å²) in [6.45, 7) is 2.16. The number of carbonyl (C=O) groups excluding carboxylic acids is 1. The molecule has 0 radical (unpaired) electrons. The highest BCUT2D eigenvalue weighted by Crippen LogP contribution is 2.23. The Kier molecular flexibility index (Phi) is 7.07. The van der Waals surface area contributed by atoms with Crippen molar-refractivity contribution in [3.8, 4) is 0 Å². The summed E-state index contributed by atoms with van der Waals surface area (Å²) in [7, 11) is 0. The van der Waals surface area contributed by atoms with Crippen LogP contribution in [0.3, 0.4) is 0 Å². The van der Waals surface area contributed by atoms with Crippen LogP contribution in [0.15, 0.2) is 24.3 Å². The van der Waals surface area contributed by atoms with E-state index in [2.05, 4.69) is 6.92 Å². The lowest BCUT2D eigenvalue weighted by atomic mass is 10.1. The van der Waals surface area contributed by atoms with Crippen LogP contribution in [0.2, 0.25) is 10.0 Å². The standard InChI is InChI=1S/C15H18Cl2O/c1-2-3-4-5-6-13(18)9-7-12-8-10-14(16)15(17)11-12/h7-11H,2-6H2,1H3. The molecule has 18 heavy (non-hydrogen) atoms. The zero-order chi connectivity index (χ0) is 13.4. The van der Waals surface area contributed by atoms with Crippen molar-refractivity contribution in [1.82, 2.24) is 0 Å². The van der Waals surface area contributed by atoms with Gasteiger partial charge in [0.1, 0.15) is 0 Å². The van der Waals surface area contributed by atoms with Gasteiger partial charge in [0.2, 0.25) is 0 Å². The topological polar surface area (TPSA) is 17.1 Å². The number of carbonyl (C=O) groups is 1. The van der Waals surface area contributed by atoms with E-state index in [4.69, 9.17) is 23.2 Å². The average molecular weight is 285 g/mol. The molecule has 0 unspecified atom stereocenters. The largest absolute Gasteiger partial charge is 0.295 e. The number of hydrogen-bond donors (Lipinski definition) is 0. The Balaban J connectivity index is 2.43. The molecule has 0 saturated carbocycles. The van der Waals surface area contributed by atoms with E-state index in [1.807, 2.05) is 6.07 Å². The molecule has 0 bridgehead atoms. The number of halogens is 2. The molecule has 0 saturated heterocycles. The Bertz CT molecular complexity index is 425. The third-order valence-electron chi connectivity index (χ3n) is 2.68. The minimum atomic E-state index is 0.164. The summed E-state index contributed by atoms with van der Waals surface area (Å²) in [6, 6.07) is 5.33. The van der Waals surface area contributed by atoms with Gasteiger partial charge < -0.3 is 0 Å². The second-order valence-electron chi connectivity index (χ2n) is 4.28. The fraction of sp³-hybridized carbons (Fsp3) is 0.400. The first-order chi connectivity index (χ1) is 8.63. The van der Waals surface area contributed by atoms with Gasteiger partial charge in [-0.05, 0) is 30.2 Å². The summed E-state index contributed by atoms with van der Waals surface area (Å²) >= 11 is 11.7. The third-order valence-corrected chi connectivity index (χ3v) is 3.42. The fourth-order valence-electron chi connectivity index (χ4n) is 1.61. The Labute approximate surface area is 119 Å². The van der Waals surface area contributed by atoms with Gasteiger partial charge in [-0.1, -0.05) is 61.5 Å². The molecule has 0 N–H and O–H groups in total. The molecule has 0 fully saturated rings. The number of unbranched alkanes of at least 4 members (excludes halogenated alkanes) is 3. The highest BCUT2D eigenvalue weighted by Gasteiger charge is 1.99. The second-order valence-corrected chi connectivity index (χ2v) is 5.10. The van der Waals surface area contributed by atoms with Crippen molar-refractivity contribution in [1.29, 1.82) is 0 Å². The molecular formula is C15H18Cl2O. The van der Waals surface area contributed by atoms with Gasteiger partial charge in [-0.2, -0.15) is 0 Å². The number of allylic oxidation sites excluding steroid dienone is 1. The van der Waals surface area contributed by atoms with Crippen LogP contribution in [-0.2, 0) is 4.79 Å². The van der Waals surface area contributed by atoms with Crippen molar-refractivity contribution in [2.24, 2.45) is 0 Å². The normalized spacial score (nSPS) is 11.1. The van der Waals surface area contributed by atoms with Gasteiger partial charge in [0.05, 0.1) is 10.0 Å².